The summed E-state index contributed by atoms with van der Waals surface area (Å²) in [6, 6.07) is 0.580. The fourth-order valence-electron chi connectivity index (χ4n) is 4.97. The quantitative estimate of drug-likeness (QED) is 0.857. The van der Waals surface area contributed by atoms with E-state index in [1.165, 1.54) is 38.6 Å². The van der Waals surface area contributed by atoms with Crippen LogP contribution >= 0.6 is 0 Å². The van der Waals surface area contributed by atoms with Crippen LogP contribution in [0.25, 0.3) is 0 Å². The van der Waals surface area contributed by atoms with Crippen molar-refractivity contribution in [3.05, 3.63) is 0 Å². The Hall–Kier alpha value is -0.610. The first kappa shape index (κ1) is 15.3. The van der Waals surface area contributed by atoms with Crippen LogP contribution in [0.15, 0.2) is 0 Å². The van der Waals surface area contributed by atoms with Crippen LogP contribution in [0.5, 0.6) is 0 Å². The Morgan fingerprint density at radius 1 is 1.33 bits per heavy atom. The number of fused-ring (bicyclic) bond motifs is 1. The van der Waals surface area contributed by atoms with Gasteiger partial charge >= 0.3 is 0 Å². The summed E-state index contributed by atoms with van der Waals surface area (Å²) in [5.74, 6) is 0.993. The SMILES string of the molecule is CCN1CCCC1CN(C)C(=O)[C@@]12CCCC[C@H]1CNC2. The van der Waals surface area contributed by atoms with Gasteiger partial charge in [-0.3, -0.25) is 9.69 Å². The summed E-state index contributed by atoms with van der Waals surface area (Å²) in [4.78, 5) is 17.7. The Labute approximate surface area is 129 Å². The maximum atomic E-state index is 13.2. The van der Waals surface area contributed by atoms with Gasteiger partial charge in [-0.25, -0.2) is 0 Å². The zero-order chi connectivity index (χ0) is 14.9. The van der Waals surface area contributed by atoms with E-state index in [0.29, 0.717) is 17.9 Å². The summed E-state index contributed by atoms with van der Waals surface area (Å²) in [5, 5.41) is 3.50. The highest BCUT2D eigenvalue weighted by molar-refractivity contribution is 5.83. The van der Waals surface area contributed by atoms with Crippen LogP contribution in [0.4, 0.5) is 0 Å². The van der Waals surface area contributed by atoms with Crippen molar-refractivity contribution in [1.82, 2.24) is 15.1 Å². The fraction of sp³-hybridized carbons (Fsp3) is 0.941. The van der Waals surface area contributed by atoms with Gasteiger partial charge in [0.25, 0.3) is 0 Å². The van der Waals surface area contributed by atoms with E-state index in [1.807, 2.05) is 7.05 Å². The zero-order valence-electron chi connectivity index (χ0n) is 13.7. The van der Waals surface area contributed by atoms with Crippen molar-refractivity contribution in [1.29, 1.82) is 0 Å². The molecule has 3 atom stereocenters. The molecule has 21 heavy (non-hydrogen) atoms. The second kappa shape index (κ2) is 6.25. The van der Waals surface area contributed by atoms with Crippen molar-refractivity contribution >= 4 is 5.91 Å². The Morgan fingerprint density at radius 3 is 3.00 bits per heavy atom. The molecule has 1 amide bonds. The van der Waals surface area contributed by atoms with E-state index < -0.39 is 0 Å². The van der Waals surface area contributed by atoms with E-state index in [1.54, 1.807) is 0 Å². The number of likely N-dealkylation sites (tertiary alicyclic amines) is 1. The molecule has 2 saturated heterocycles. The number of rotatable bonds is 4. The summed E-state index contributed by atoms with van der Waals surface area (Å²) in [7, 11) is 2.03. The second-order valence-electron chi connectivity index (χ2n) is 7.34. The molecule has 0 aromatic carbocycles. The van der Waals surface area contributed by atoms with Gasteiger partial charge in [0.1, 0.15) is 0 Å². The molecule has 2 aliphatic heterocycles. The highest BCUT2D eigenvalue weighted by Gasteiger charge is 2.51. The smallest absolute Gasteiger partial charge is 0.230 e. The third-order valence-corrected chi connectivity index (χ3v) is 6.20. The molecule has 120 valence electrons. The van der Waals surface area contributed by atoms with Crippen LogP contribution in [0.2, 0.25) is 0 Å². The molecule has 4 heteroatoms. The lowest BCUT2D eigenvalue weighted by Crippen LogP contribution is -2.51. The van der Waals surface area contributed by atoms with Crippen LogP contribution < -0.4 is 5.32 Å². The molecule has 1 unspecified atom stereocenters. The molecular formula is C17H31N3O. The van der Waals surface area contributed by atoms with E-state index >= 15 is 0 Å². The third kappa shape index (κ3) is 2.72. The summed E-state index contributed by atoms with van der Waals surface area (Å²) < 4.78 is 0. The lowest BCUT2D eigenvalue weighted by atomic mass is 9.67. The van der Waals surface area contributed by atoms with Gasteiger partial charge in [0.15, 0.2) is 0 Å². The minimum Gasteiger partial charge on any atom is -0.344 e. The zero-order valence-corrected chi connectivity index (χ0v) is 13.7. The van der Waals surface area contributed by atoms with Crippen LogP contribution in [-0.4, -0.2) is 61.5 Å². The topological polar surface area (TPSA) is 35.6 Å². The number of amides is 1. The Bertz CT molecular complexity index is 386. The molecule has 0 aromatic rings. The average molecular weight is 293 g/mol. The van der Waals surface area contributed by atoms with E-state index in [-0.39, 0.29) is 5.41 Å². The summed E-state index contributed by atoms with van der Waals surface area (Å²) in [6.07, 6.45) is 7.39. The Kier molecular flexibility index (Phi) is 4.55. The van der Waals surface area contributed by atoms with Gasteiger partial charge in [0, 0.05) is 26.2 Å². The minimum atomic E-state index is -0.0807. The summed E-state index contributed by atoms with van der Waals surface area (Å²) >= 11 is 0. The van der Waals surface area contributed by atoms with Gasteiger partial charge in [0.05, 0.1) is 5.41 Å². The normalized spacial score (nSPS) is 36.7. The van der Waals surface area contributed by atoms with Crippen molar-refractivity contribution < 1.29 is 4.79 Å². The highest BCUT2D eigenvalue weighted by Crippen LogP contribution is 2.45. The van der Waals surface area contributed by atoms with Crippen LogP contribution in [0.1, 0.15) is 45.4 Å². The molecule has 0 spiro atoms. The fourth-order valence-corrected chi connectivity index (χ4v) is 4.97. The number of nitrogens with one attached hydrogen (secondary N) is 1. The van der Waals surface area contributed by atoms with E-state index in [0.717, 1.165) is 32.6 Å². The van der Waals surface area contributed by atoms with E-state index in [4.69, 9.17) is 0 Å². The van der Waals surface area contributed by atoms with Crippen LogP contribution in [0, 0.1) is 11.3 Å². The predicted molar refractivity (Wildman–Crippen MR) is 85.2 cm³/mol. The molecule has 3 rings (SSSR count). The summed E-state index contributed by atoms with van der Waals surface area (Å²) in [5.41, 5.74) is -0.0807. The molecule has 3 fully saturated rings. The monoisotopic (exact) mass is 293 g/mol. The minimum absolute atomic E-state index is 0.0807. The Balaban J connectivity index is 1.66. The largest absolute Gasteiger partial charge is 0.344 e. The number of hydrogen-bond acceptors (Lipinski definition) is 3. The maximum Gasteiger partial charge on any atom is 0.230 e. The molecule has 0 radical (unpaired) electrons. The van der Waals surface area contributed by atoms with Gasteiger partial charge in [-0.1, -0.05) is 19.8 Å². The van der Waals surface area contributed by atoms with Gasteiger partial charge in [-0.2, -0.15) is 0 Å². The van der Waals surface area contributed by atoms with E-state index in [9.17, 15) is 4.79 Å². The van der Waals surface area contributed by atoms with Crippen molar-refractivity contribution in [2.45, 2.75) is 51.5 Å². The van der Waals surface area contributed by atoms with Crippen molar-refractivity contribution in [3.8, 4) is 0 Å². The summed E-state index contributed by atoms with van der Waals surface area (Å²) in [6.45, 7) is 7.42. The van der Waals surface area contributed by atoms with Crippen molar-refractivity contribution in [3.63, 3.8) is 0 Å². The number of likely N-dealkylation sites (N-methyl/N-ethyl adjacent to an activating group) is 2. The molecule has 1 aliphatic carbocycles. The molecule has 1 saturated carbocycles. The molecule has 2 heterocycles. The number of carbonyl (C=O) groups is 1. The van der Waals surface area contributed by atoms with Gasteiger partial charge in [0.2, 0.25) is 5.91 Å². The average Bonchev–Trinajstić information content (AvgIpc) is 3.12. The first-order valence-corrected chi connectivity index (χ1v) is 8.87. The molecular weight excluding hydrogens is 262 g/mol. The van der Waals surface area contributed by atoms with Gasteiger partial charge < -0.3 is 10.2 Å². The molecule has 4 nitrogen and oxygen atoms in total. The molecule has 0 bridgehead atoms. The highest BCUT2D eigenvalue weighted by atomic mass is 16.2. The van der Waals surface area contributed by atoms with E-state index in [2.05, 4.69) is 22.0 Å². The second-order valence-corrected chi connectivity index (χ2v) is 7.34. The van der Waals surface area contributed by atoms with Gasteiger partial charge in [-0.05, 0) is 51.2 Å². The molecule has 3 aliphatic rings. The number of carbonyl (C=O) groups excluding carboxylic acids is 1. The first-order valence-electron chi connectivity index (χ1n) is 8.87. The molecule has 1 N–H and O–H groups in total. The van der Waals surface area contributed by atoms with Crippen molar-refractivity contribution in [2.24, 2.45) is 11.3 Å². The van der Waals surface area contributed by atoms with Crippen molar-refractivity contribution in [2.75, 3.05) is 39.8 Å². The van der Waals surface area contributed by atoms with Crippen LogP contribution in [-0.2, 0) is 4.79 Å². The maximum absolute atomic E-state index is 13.2. The number of nitrogens with zero attached hydrogens (tertiary/aromatic N) is 2. The van der Waals surface area contributed by atoms with Crippen LogP contribution in [0.3, 0.4) is 0 Å². The lowest BCUT2D eigenvalue weighted by Gasteiger charge is -2.41. The third-order valence-electron chi connectivity index (χ3n) is 6.20. The first-order chi connectivity index (χ1) is 10.2. The molecule has 0 aromatic heterocycles. The lowest BCUT2D eigenvalue weighted by molar-refractivity contribution is -0.144. The van der Waals surface area contributed by atoms with Gasteiger partial charge in [-0.15, -0.1) is 0 Å². The number of hydrogen-bond donors (Lipinski definition) is 1. The predicted octanol–water partition coefficient (Wildman–Crippen LogP) is 1.71. The Morgan fingerprint density at radius 2 is 2.19 bits per heavy atom. The standard InChI is InChI=1S/C17H31N3O/c1-3-20-10-6-8-15(20)12-19(2)16(21)17-9-5-4-7-14(17)11-18-13-17/h14-15,18H,3-13H2,1-2H3/t14-,15?,17+/m0/s1.